The van der Waals surface area contributed by atoms with Gasteiger partial charge in [-0.05, 0) is 43.5 Å². The third-order valence-electron chi connectivity index (χ3n) is 2.67. The maximum absolute atomic E-state index is 11.4. The first-order valence-electron chi connectivity index (χ1n) is 6.30. The largest absolute Gasteiger partial charge is 0.484 e. The van der Waals surface area contributed by atoms with Gasteiger partial charge in [0.1, 0.15) is 5.75 Å². The van der Waals surface area contributed by atoms with E-state index in [1.54, 1.807) is 0 Å². The van der Waals surface area contributed by atoms with Crippen LogP contribution in [0.5, 0.6) is 5.75 Å². The van der Waals surface area contributed by atoms with E-state index in [0.717, 1.165) is 12.0 Å². The topological polar surface area (TPSA) is 67.4 Å². The lowest BCUT2D eigenvalue weighted by Gasteiger charge is -2.09. The molecule has 0 spiro atoms. The van der Waals surface area contributed by atoms with E-state index >= 15 is 0 Å². The van der Waals surface area contributed by atoms with Gasteiger partial charge in [0.15, 0.2) is 6.61 Å². The predicted molar refractivity (Wildman–Crippen MR) is 72.6 cm³/mol. The number of hydrogen-bond acceptors (Lipinski definition) is 3. The normalized spacial score (nSPS) is 9.84. The van der Waals surface area contributed by atoms with E-state index in [-0.39, 0.29) is 18.4 Å². The van der Waals surface area contributed by atoms with Crippen molar-refractivity contribution in [2.45, 2.75) is 33.6 Å². The van der Waals surface area contributed by atoms with Crippen LogP contribution in [0.1, 0.15) is 30.9 Å². The fraction of sp³-hybridized carbons (Fsp3) is 0.429. The molecule has 0 aromatic heterocycles. The molecule has 1 rings (SSSR count). The number of carbonyl (C=O) groups excluding carboxylic acids is 2. The minimum atomic E-state index is -0.386. The second-order valence-electron chi connectivity index (χ2n) is 4.38. The van der Waals surface area contributed by atoms with Crippen LogP contribution in [-0.2, 0) is 9.59 Å². The van der Waals surface area contributed by atoms with Crippen molar-refractivity contribution in [3.63, 3.8) is 0 Å². The van der Waals surface area contributed by atoms with Gasteiger partial charge in [0.2, 0.25) is 5.91 Å². The molecule has 2 amide bonds. The van der Waals surface area contributed by atoms with E-state index in [2.05, 4.69) is 10.9 Å². The highest BCUT2D eigenvalue weighted by molar-refractivity contribution is 5.82. The smallest absolute Gasteiger partial charge is 0.276 e. The van der Waals surface area contributed by atoms with Crippen LogP contribution in [0.15, 0.2) is 18.2 Å². The summed E-state index contributed by atoms with van der Waals surface area (Å²) < 4.78 is 5.33. The molecule has 0 aliphatic rings. The Morgan fingerprint density at radius 1 is 1.11 bits per heavy atom. The molecule has 0 saturated heterocycles. The fourth-order valence-electron chi connectivity index (χ4n) is 1.42. The number of ether oxygens (including phenoxy) is 1. The molecular formula is C14H20N2O3. The van der Waals surface area contributed by atoms with Crippen LogP contribution in [0.2, 0.25) is 0 Å². The Balaban J connectivity index is 2.33. The Labute approximate surface area is 113 Å². The Kier molecular flexibility index (Phi) is 5.85. The zero-order valence-electron chi connectivity index (χ0n) is 11.6. The summed E-state index contributed by atoms with van der Waals surface area (Å²) in [6.07, 6.45) is 1.12. The summed E-state index contributed by atoms with van der Waals surface area (Å²) in [6, 6.07) is 5.62. The number of rotatable bonds is 5. The maximum Gasteiger partial charge on any atom is 0.276 e. The lowest BCUT2D eigenvalue weighted by molar-refractivity contribution is -0.130. The lowest BCUT2D eigenvalue weighted by atomic mass is 10.1. The molecule has 5 heteroatoms. The number of amides is 2. The minimum Gasteiger partial charge on any atom is -0.484 e. The van der Waals surface area contributed by atoms with Crippen molar-refractivity contribution < 1.29 is 14.3 Å². The number of aryl methyl sites for hydroxylation is 2. The van der Waals surface area contributed by atoms with Gasteiger partial charge in [0.25, 0.3) is 5.91 Å². The zero-order chi connectivity index (χ0) is 14.3. The summed E-state index contributed by atoms with van der Waals surface area (Å²) in [4.78, 5) is 22.6. The summed E-state index contributed by atoms with van der Waals surface area (Å²) in [5, 5.41) is 0. The second-order valence-corrected chi connectivity index (χ2v) is 4.38. The van der Waals surface area contributed by atoms with Crippen molar-refractivity contribution in [1.29, 1.82) is 0 Å². The molecule has 1 aromatic carbocycles. The van der Waals surface area contributed by atoms with Gasteiger partial charge in [-0.1, -0.05) is 13.0 Å². The molecule has 5 nitrogen and oxygen atoms in total. The molecule has 0 radical (unpaired) electrons. The van der Waals surface area contributed by atoms with Gasteiger partial charge in [-0.2, -0.15) is 0 Å². The molecule has 0 aliphatic heterocycles. The molecule has 0 atom stereocenters. The van der Waals surface area contributed by atoms with Gasteiger partial charge >= 0.3 is 0 Å². The van der Waals surface area contributed by atoms with Gasteiger partial charge in [-0.25, -0.2) is 0 Å². The Bertz CT molecular complexity index is 458. The highest BCUT2D eigenvalue weighted by Crippen LogP contribution is 2.16. The molecule has 0 saturated carbocycles. The Morgan fingerprint density at radius 3 is 2.42 bits per heavy atom. The van der Waals surface area contributed by atoms with Crippen LogP contribution in [0.25, 0.3) is 0 Å². The SMILES string of the molecule is CCCC(=O)NNC(=O)COc1ccc(C)c(C)c1. The third-order valence-corrected chi connectivity index (χ3v) is 2.67. The van der Waals surface area contributed by atoms with Crippen molar-refractivity contribution in [2.75, 3.05) is 6.61 Å². The van der Waals surface area contributed by atoms with Gasteiger partial charge in [0.05, 0.1) is 0 Å². The Morgan fingerprint density at radius 2 is 1.79 bits per heavy atom. The number of carbonyl (C=O) groups is 2. The van der Waals surface area contributed by atoms with Crippen LogP contribution >= 0.6 is 0 Å². The number of hydrogen-bond donors (Lipinski definition) is 2. The molecule has 0 bridgehead atoms. The van der Waals surface area contributed by atoms with Gasteiger partial charge in [-0.3, -0.25) is 20.4 Å². The van der Waals surface area contributed by atoms with E-state index in [4.69, 9.17) is 4.74 Å². The lowest BCUT2D eigenvalue weighted by Crippen LogP contribution is -2.43. The summed E-state index contributed by atoms with van der Waals surface area (Å²) in [5.74, 6) is 0.0443. The maximum atomic E-state index is 11.4. The molecule has 19 heavy (non-hydrogen) atoms. The molecule has 0 aliphatic carbocycles. The average Bonchev–Trinajstić information content (AvgIpc) is 2.38. The Hall–Kier alpha value is -2.04. The van der Waals surface area contributed by atoms with E-state index < -0.39 is 0 Å². The standard InChI is InChI=1S/C14H20N2O3/c1-4-5-13(17)15-16-14(18)9-19-12-7-6-10(2)11(3)8-12/h6-8H,4-5,9H2,1-3H3,(H,15,17)(H,16,18). The molecule has 0 heterocycles. The van der Waals surface area contributed by atoms with E-state index in [0.29, 0.717) is 12.2 Å². The van der Waals surface area contributed by atoms with Crippen molar-refractivity contribution in [1.82, 2.24) is 10.9 Å². The molecule has 104 valence electrons. The van der Waals surface area contributed by atoms with Gasteiger partial charge < -0.3 is 4.74 Å². The summed E-state index contributed by atoms with van der Waals surface area (Å²) in [7, 11) is 0. The minimum absolute atomic E-state index is 0.130. The van der Waals surface area contributed by atoms with Gasteiger partial charge in [-0.15, -0.1) is 0 Å². The fourth-order valence-corrected chi connectivity index (χ4v) is 1.42. The average molecular weight is 264 g/mol. The summed E-state index contributed by atoms with van der Waals surface area (Å²) >= 11 is 0. The van der Waals surface area contributed by atoms with Crippen LogP contribution in [0.3, 0.4) is 0 Å². The van der Waals surface area contributed by atoms with Crippen LogP contribution < -0.4 is 15.6 Å². The first kappa shape index (κ1) is 15.0. The van der Waals surface area contributed by atoms with E-state index in [9.17, 15) is 9.59 Å². The molecule has 0 fully saturated rings. The van der Waals surface area contributed by atoms with E-state index in [1.165, 1.54) is 5.56 Å². The predicted octanol–water partition coefficient (Wildman–Crippen LogP) is 1.63. The molecule has 1 aromatic rings. The monoisotopic (exact) mass is 264 g/mol. The quantitative estimate of drug-likeness (QED) is 0.794. The second kappa shape index (κ2) is 7.41. The zero-order valence-corrected chi connectivity index (χ0v) is 11.6. The number of nitrogens with one attached hydrogen (secondary N) is 2. The van der Waals surface area contributed by atoms with Crippen LogP contribution in [0, 0.1) is 13.8 Å². The van der Waals surface area contributed by atoms with Crippen LogP contribution in [-0.4, -0.2) is 18.4 Å². The highest BCUT2D eigenvalue weighted by Gasteiger charge is 2.05. The van der Waals surface area contributed by atoms with Crippen molar-refractivity contribution in [3.8, 4) is 5.75 Å². The third kappa shape index (κ3) is 5.42. The van der Waals surface area contributed by atoms with E-state index in [1.807, 2.05) is 39.0 Å². The highest BCUT2D eigenvalue weighted by atomic mass is 16.5. The first-order valence-corrected chi connectivity index (χ1v) is 6.30. The van der Waals surface area contributed by atoms with Gasteiger partial charge in [0, 0.05) is 6.42 Å². The van der Waals surface area contributed by atoms with Crippen molar-refractivity contribution >= 4 is 11.8 Å². The molecular weight excluding hydrogens is 244 g/mol. The summed E-state index contributed by atoms with van der Waals surface area (Å²) in [6.45, 7) is 5.75. The van der Waals surface area contributed by atoms with Crippen LogP contribution in [0.4, 0.5) is 0 Å². The molecule has 2 N–H and O–H groups in total. The number of hydrazine groups is 1. The van der Waals surface area contributed by atoms with Crippen molar-refractivity contribution in [2.24, 2.45) is 0 Å². The summed E-state index contributed by atoms with van der Waals surface area (Å²) in [5.41, 5.74) is 6.90. The molecule has 0 unspecified atom stereocenters. The first-order chi connectivity index (χ1) is 9.02. The van der Waals surface area contributed by atoms with Crippen molar-refractivity contribution in [3.05, 3.63) is 29.3 Å². The number of benzene rings is 1.